The van der Waals surface area contributed by atoms with Crippen LogP contribution >= 0.6 is 15.9 Å². The van der Waals surface area contributed by atoms with Gasteiger partial charge in [-0.25, -0.2) is 4.90 Å². The number of benzene rings is 2. The fraction of sp³-hybridized carbons (Fsp3) is 0.357. The van der Waals surface area contributed by atoms with Crippen LogP contribution in [0.4, 0.5) is 11.4 Å². The van der Waals surface area contributed by atoms with E-state index in [4.69, 9.17) is 4.65 Å². The number of aliphatic hydroxyl groups is 1. The molecule has 5 rings (SSSR count). The smallest absolute Gasteiger partial charge is 0.455 e. The van der Waals surface area contributed by atoms with Crippen molar-refractivity contribution in [3.05, 3.63) is 79.3 Å². The third-order valence-electron chi connectivity index (χ3n) is 7.99. The van der Waals surface area contributed by atoms with Crippen molar-refractivity contribution >= 4 is 52.3 Å². The molecule has 208 valence electrons. The summed E-state index contributed by atoms with van der Waals surface area (Å²) in [6.45, 7) is 1.61. The topological polar surface area (TPSA) is 150 Å². The van der Waals surface area contributed by atoms with Gasteiger partial charge in [0.2, 0.25) is 11.8 Å². The quantitative estimate of drug-likeness (QED) is 0.138. The van der Waals surface area contributed by atoms with Crippen LogP contribution in [0.2, 0.25) is 6.32 Å². The van der Waals surface area contributed by atoms with Crippen LogP contribution in [0.25, 0.3) is 6.08 Å². The Kier molecular flexibility index (Phi) is 7.96. The maximum Gasteiger partial charge on any atom is 0.455 e. The number of phenols is 1. The lowest BCUT2D eigenvalue weighted by Crippen LogP contribution is -2.46. The first-order valence-electron chi connectivity index (χ1n) is 13.0. The van der Waals surface area contributed by atoms with Crippen LogP contribution in [0, 0.1) is 27.9 Å². The van der Waals surface area contributed by atoms with Crippen LogP contribution in [-0.2, 0) is 14.2 Å². The van der Waals surface area contributed by atoms with Gasteiger partial charge in [0.25, 0.3) is 5.69 Å². The Morgan fingerprint density at radius 2 is 2.00 bits per heavy atom. The van der Waals surface area contributed by atoms with Gasteiger partial charge in [-0.05, 0) is 73.8 Å². The molecular weight excluding hydrogens is 583 g/mol. The monoisotopic (exact) mass is 610 g/mol. The standard InChI is InChI=1S/C28H28BBrN2O8/c1-15(9-16-10-18(30)6-7-23(16)34)5-8-24-25-17(14-33)11-21-26(22(25)13-29(37)40-24)28(36)31(27(21)35)19-3-2-4-20(12-19)32(38)39/h2-4,6-7,9-10,12,21-22,24,26,33-34,37H,5,8,11,13-14H2,1H3/b15-9+/t21-,22+,24-,26-/m1/s1. The number of carbonyl (C=O) groups is 2. The van der Waals surface area contributed by atoms with Gasteiger partial charge in [0.15, 0.2) is 0 Å². The number of amides is 2. The highest BCUT2D eigenvalue weighted by Gasteiger charge is 2.57. The van der Waals surface area contributed by atoms with E-state index in [1.807, 2.05) is 13.0 Å². The van der Waals surface area contributed by atoms with Gasteiger partial charge in [0.1, 0.15) is 5.75 Å². The number of anilines is 1. The van der Waals surface area contributed by atoms with Gasteiger partial charge in [-0.1, -0.05) is 33.6 Å². The number of halogens is 1. The number of rotatable bonds is 7. The predicted molar refractivity (Wildman–Crippen MR) is 151 cm³/mol. The molecule has 2 aromatic carbocycles. The summed E-state index contributed by atoms with van der Waals surface area (Å²) in [7, 11) is -1.16. The second-order valence-corrected chi connectivity index (χ2v) is 11.4. The van der Waals surface area contributed by atoms with Crippen molar-refractivity contribution in [3.63, 3.8) is 0 Å². The molecule has 2 aromatic rings. The highest BCUT2D eigenvalue weighted by Crippen LogP contribution is 2.51. The van der Waals surface area contributed by atoms with Crippen LogP contribution in [0.15, 0.2) is 63.7 Å². The molecule has 2 fully saturated rings. The number of carbonyl (C=O) groups excluding carboxylic acids is 2. The number of hydrogen-bond donors (Lipinski definition) is 3. The zero-order chi connectivity index (χ0) is 28.7. The van der Waals surface area contributed by atoms with E-state index in [1.165, 1.54) is 24.3 Å². The molecule has 2 aliphatic heterocycles. The summed E-state index contributed by atoms with van der Waals surface area (Å²) in [6, 6.07) is 10.6. The normalized spacial score (nSPS) is 24.9. The number of imide groups is 1. The molecule has 0 radical (unpaired) electrons. The van der Waals surface area contributed by atoms with Crippen LogP contribution < -0.4 is 4.90 Å². The number of phenolic OH excluding ortho intramolecular Hbond substituents is 1. The zero-order valence-corrected chi connectivity index (χ0v) is 23.3. The van der Waals surface area contributed by atoms with Crippen molar-refractivity contribution in [1.29, 1.82) is 0 Å². The number of allylic oxidation sites excluding steroid dienone is 1. The fourth-order valence-corrected chi connectivity index (χ4v) is 6.63. The average Bonchev–Trinajstić information content (AvgIpc) is 3.18. The van der Waals surface area contributed by atoms with Gasteiger partial charge in [-0.3, -0.25) is 19.7 Å². The summed E-state index contributed by atoms with van der Waals surface area (Å²) in [4.78, 5) is 38.9. The molecule has 40 heavy (non-hydrogen) atoms. The molecule has 2 amide bonds. The van der Waals surface area contributed by atoms with E-state index >= 15 is 0 Å². The summed E-state index contributed by atoms with van der Waals surface area (Å²) in [6.07, 6.45) is 2.56. The predicted octanol–water partition coefficient (Wildman–Crippen LogP) is 4.24. The Labute approximate surface area is 239 Å². The number of aromatic hydroxyl groups is 1. The number of fused-ring (bicyclic) bond motifs is 3. The van der Waals surface area contributed by atoms with Crippen molar-refractivity contribution < 1.29 is 34.4 Å². The summed E-state index contributed by atoms with van der Waals surface area (Å²) >= 11 is 3.40. The van der Waals surface area contributed by atoms with E-state index in [2.05, 4.69) is 15.9 Å². The Bertz CT molecular complexity index is 1440. The Morgan fingerprint density at radius 3 is 2.73 bits per heavy atom. The first kappa shape index (κ1) is 28.2. The second kappa shape index (κ2) is 11.3. The molecule has 0 unspecified atom stereocenters. The molecule has 4 atom stereocenters. The number of hydrogen-bond acceptors (Lipinski definition) is 8. The summed E-state index contributed by atoms with van der Waals surface area (Å²) < 4.78 is 6.74. The van der Waals surface area contributed by atoms with Crippen molar-refractivity contribution in [2.75, 3.05) is 11.5 Å². The van der Waals surface area contributed by atoms with Gasteiger partial charge in [0, 0.05) is 22.2 Å². The van der Waals surface area contributed by atoms with E-state index < -0.39 is 47.7 Å². The Balaban J connectivity index is 1.42. The molecule has 12 heteroatoms. The maximum atomic E-state index is 13.7. The largest absolute Gasteiger partial charge is 0.507 e. The molecule has 0 spiro atoms. The van der Waals surface area contributed by atoms with E-state index in [-0.39, 0.29) is 36.5 Å². The molecule has 1 aliphatic carbocycles. The van der Waals surface area contributed by atoms with E-state index in [1.54, 1.807) is 18.2 Å². The number of nitrogens with zero attached hydrogens (tertiary/aromatic N) is 2. The van der Waals surface area contributed by atoms with E-state index in [0.717, 1.165) is 20.5 Å². The third kappa shape index (κ3) is 5.24. The molecule has 10 nitrogen and oxygen atoms in total. The lowest BCUT2D eigenvalue weighted by molar-refractivity contribution is -0.384. The van der Waals surface area contributed by atoms with Gasteiger partial charge < -0.3 is 19.9 Å². The zero-order valence-electron chi connectivity index (χ0n) is 21.7. The van der Waals surface area contributed by atoms with Crippen LogP contribution in [-0.4, -0.2) is 51.8 Å². The van der Waals surface area contributed by atoms with E-state index in [9.17, 15) is 34.9 Å². The number of nitro groups is 1. The highest BCUT2D eigenvalue weighted by atomic mass is 79.9. The van der Waals surface area contributed by atoms with Gasteiger partial charge in [0.05, 0.1) is 35.2 Å². The molecule has 3 aliphatic rings. The Morgan fingerprint density at radius 1 is 1.23 bits per heavy atom. The first-order valence-corrected chi connectivity index (χ1v) is 13.8. The fourth-order valence-electron chi connectivity index (χ4n) is 6.25. The Hall–Kier alpha value is -3.32. The van der Waals surface area contributed by atoms with E-state index in [0.29, 0.717) is 24.0 Å². The molecule has 0 saturated carbocycles. The van der Waals surface area contributed by atoms with Crippen LogP contribution in [0.1, 0.15) is 31.7 Å². The molecular formula is C28H28BBrN2O8. The highest BCUT2D eigenvalue weighted by molar-refractivity contribution is 9.10. The van der Waals surface area contributed by atoms with Crippen LogP contribution in [0.5, 0.6) is 5.75 Å². The van der Waals surface area contributed by atoms with Crippen molar-refractivity contribution in [1.82, 2.24) is 0 Å². The minimum absolute atomic E-state index is 0.0963. The second-order valence-electron chi connectivity index (χ2n) is 10.5. The molecule has 2 saturated heterocycles. The lowest BCUT2D eigenvalue weighted by atomic mass is 9.58. The summed E-state index contributed by atoms with van der Waals surface area (Å²) in [5, 5.41) is 42.4. The number of non-ortho nitro benzene ring substituents is 1. The van der Waals surface area contributed by atoms with Crippen LogP contribution in [0.3, 0.4) is 0 Å². The summed E-state index contributed by atoms with van der Waals surface area (Å²) in [5.41, 5.74) is 2.87. The van der Waals surface area contributed by atoms with Crippen molar-refractivity contribution in [2.45, 2.75) is 38.6 Å². The number of nitro benzene ring substituents is 1. The SMILES string of the molecule is C/C(=C\c1cc(Br)ccc1O)CC[C@H]1OB(O)C[C@H]2C1=C(CO)C[C@H]1C(=O)N(c3cccc([N+](=O)[O-])c3)C(=O)[C@H]12. The van der Waals surface area contributed by atoms with Gasteiger partial charge >= 0.3 is 7.12 Å². The molecule has 0 bridgehead atoms. The molecule has 0 aromatic heterocycles. The maximum absolute atomic E-state index is 13.7. The third-order valence-corrected chi connectivity index (χ3v) is 8.48. The lowest BCUT2D eigenvalue weighted by Gasteiger charge is -2.42. The van der Waals surface area contributed by atoms with Gasteiger partial charge in [-0.15, -0.1) is 0 Å². The molecule has 2 heterocycles. The minimum atomic E-state index is -1.16. The number of aliphatic hydroxyl groups excluding tert-OH is 1. The molecule has 3 N–H and O–H groups in total. The van der Waals surface area contributed by atoms with Gasteiger partial charge in [-0.2, -0.15) is 0 Å². The summed E-state index contributed by atoms with van der Waals surface area (Å²) in [5.74, 6) is -2.82. The average molecular weight is 611 g/mol. The van der Waals surface area contributed by atoms with Crippen molar-refractivity contribution in [3.8, 4) is 5.75 Å². The minimum Gasteiger partial charge on any atom is -0.507 e. The first-order chi connectivity index (χ1) is 19.1. The van der Waals surface area contributed by atoms with Crippen molar-refractivity contribution in [2.24, 2.45) is 17.8 Å².